The Balaban J connectivity index is 2.83. The molecule has 0 atom stereocenters. The van der Waals surface area contributed by atoms with Crippen molar-refractivity contribution in [2.24, 2.45) is 0 Å². The lowest BCUT2D eigenvalue weighted by atomic mass is 10.0. The fourth-order valence-electron chi connectivity index (χ4n) is 1.56. The van der Waals surface area contributed by atoms with Crippen LogP contribution in [0.4, 0.5) is 0 Å². The van der Waals surface area contributed by atoms with Gasteiger partial charge in [-0.2, -0.15) is 0 Å². The van der Waals surface area contributed by atoms with E-state index in [1.54, 1.807) is 24.3 Å². The van der Waals surface area contributed by atoms with E-state index >= 15 is 0 Å². The number of benzene rings is 2. The molecule has 15 heavy (non-hydrogen) atoms. The van der Waals surface area contributed by atoms with E-state index in [9.17, 15) is 14.7 Å². The molecule has 74 valence electrons. The third-order valence-corrected chi connectivity index (χ3v) is 2.27. The maximum Gasteiger partial charge on any atom is 0.225 e. The molecule has 2 rings (SSSR count). The van der Waals surface area contributed by atoms with Crippen molar-refractivity contribution in [3.05, 3.63) is 42.0 Å². The molecule has 0 aliphatic carbocycles. The van der Waals surface area contributed by atoms with Gasteiger partial charge in [-0.05, 0) is 17.5 Å². The highest BCUT2D eigenvalue weighted by Gasteiger charge is 2.10. The zero-order chi connectivity index (χ0) is 10.8. The minimum atomic E-state index is -0.578. The zero-order valence-corrected chi connectivity index (χ0v) is 7.81. The van der Waals surface area contributed by atoms with Gasteiger partial charge in [-0.1, -0.05) is 24.3 Å². The SMILES string of the molecule is O=CC(=O)c1ccc(O)c2ccccc12. The summed E-state index contributed by atoms with van der Waals surface area (Å²) in [6.45, 7) is 0. The van der Waals surface area contributed by atoms with Gasteiger partial charge >= 0.3 is 0 Å². The lowest BCUT2D eigenvalue weighted by molar-refractivity contribution is -0.104. The molecular formula is C12H8O3. The van der Waals surface area contributed by atoms with E-state index in [2.05, 4.69) is 0 Å². The van der Waals surface area contributed by atoms with E-state index in [4.69, 9.17) is 0 Å². The van der Waals surface area contributed by atoms with Crippen molar-refractivity contribution in [3.8, 4) is 5.75 Å². The number of aromatic hydroxyl groups is 1. The maximum absolute atomic E-state index is 11.3. The Kier molecular flexibility index (Phi) is 2.21. The highest BCUT2D eigenvalue weighted by atomic mass is 16.3. The third-order valence-electron chi connectivity index (χ3n) is 2.27. The number of phenolic OH excluding ortho intramolecular Hbond substituents is 1. The first-order chi connectivity index (χ1) is 7.24. The monoisotopic (exact) mass is 200 g/mol. The van der Waals surface area contributed by atoms with E-state index in [-0.39, 0.29) is 12.0 Å². The van der Waals surface area contributed by atoms with Crippen molar-refractivity contribution >= 4 is 22.8 Å². The Bertz CT molecular complexity index is 544. The van der Waals surface area contributed by atoms with E-state index in [0.717, 1.165) is 0 Å². The maximum atomic E-state index is 11.3. The Labute approximate surface area is 86.0 Å². The number of ketones is 1. The Morgan fingerprint density at radius 1 is 1.07 bits per heavy atom. The molecule has 0 spiro atoms. The van der Waals surface area contributed by atoms with Gasteiger partial charge in [-0.15, -0.1) is 0 Å². The largest absolute Gasteiger partial charge is 0.507 e. The zero-order valence-electron chi connectivity index (χ0n) is 7.81. The number of rotatable bonds is 2. The van der Waals surface area contributed by atoms with E-state index < -0.39 is 5.78 Å². The molecule has 0 aliphatic rings. The summed E-state index contributed by atoms with van der Waals surface area (Å²) in [4.78, 5) is 21.7. The Morgan fingerprint density at radius 2 is 1.73 bits per heavy atom. The predicted octanol–water partition coefficient (Wildman–Crippen LogP) is 1.93. The van der Waals surface area contributed by atoms with E-state index in [1.807, 2.05) is 0 Å². The van der Waals surface area contributed by atoms with Crippen molar-refractivity contribution < 1.29 is 14.7 Å². The average Bonchev–Trinajstić information content (AvgIpc) is 2.29. The molecule has 2 aromatic carbocycles. The van der Waals surface area contributed by atoms with Crippen LogP contribution >= 0.6 is 0 Å². The average molecular weight is 200 g/mol. The fraction of sp³-hybridized carbons (Fsp3) is 0. The van der Waals surface area contributed by atoms with Gasteiger partial charge in [0.05, 0.1) is 0 Å². The van der Waals surface area contributed by atoms with Gasteiger partial charge in [0.1, 0.15) is 5.75 Å². The Hall–Kier alpha value is -2.16. The van der Waals surface area contributed by atoms with Crippen molar-refractivity contribution in [3.63, 3.8) is 0 Å². The normalized spacial score (nSPS) is 10.1. The Morgan fingerprint density at radius 3 is 2.40 bits per heavy atom. The second kappa shape index (κ2) is 3.53. The van der Waals surface area contributed by atoms with Crippen LogP contribution in [0.5, 0.6) is 5.75 Å². The number of fused-ring (bicyclic) bond motifs is 1. The number of hydrogen-bond donors (Lipinski definition) is 1. The van der Waals surface area contributed by atoms with Crippen LogP contribution in [0.1, 0.15) is 10.4 Å². The summed E-state index contributed by atoms with van der Waals surface area (Å²) in [6.07, 6.45) is 0.277. The quantitative estimate of drug-likeness (QED) is 0.457. The van der Waals surface area contributed by atoms with Crippen molar-refractivity contribution in [1.29, 1.82) is 0 Å². The van der Waals surface area contributed by atoms with Gasteiger partial charge in [0.2, 0.25) is 5.78 Å². The van der Waals surface area contributed by atoms with Gasteiger partial charge in [0.25, 0.3) is 0 Å². The van der Waals surface area contributed by atoms with Crippen LogP contribution in [0.2, 0.25) is 0 Å². The first-order valence-electron chi connectivity index (χ1n) is 4.44. The van der Waals surface area contributed by atoms with Crippen LogP contribution in [0.3, 0.4) is 0 Å². The number of hydrogen-bond acceptors (Lipinski definition) is 3. The number of carbonyl (C=O) groups excluding carboxylic acids is 2. The molecule has 0 bridgehead atoms. The molecule has 0 amide bonds. The molecule has 3 heteroatoms. The molecule has 3 nitrogen and oxygen atoms in total. The molecule has 0 aromatic heterocycles. The van der Waals surface area contributed by atoms with Gasteiger partial charge in [0, 0.05) is 10.9 Å². The standard InChI is InChI=1S/C12H8O3/c13-7-12(15)10-5-6-11(14)9-4-2-1-3-8(9)10/h1-7,14H. The van der Waals surface area contributed by atoms with Gasteiger partial charge in [-0.25, -0.2) is 0 Å². The lowest BCUT2D eigenvalue weighted by Crippen LogP contribution is -2.00. The molecule has 0 unspecified atom stereocenters. The van der Waals surface area contributed by atoms with Crippen LogP contribution < -0.4 is 0 Å². The molecule has 0 radical (unpaired) electrons. The highest BCUT2D eigenvalue weighted by molar-refractivity contribution is 6.36. The number of carbonyl (C=O) groups is 2. The van der Waals surface area contributed by atoms with Gasteiger partial charge in [-0.3, -0.25) is 9.59 Å². The van der Waals surface area contributed by atoms with Crippen LogP contribution in [0.25, 0.3) is 10.8 Å². The second-order valence-electron chi connectivity index (χ2n) is 3.16. The lowest BCUT2D eigenvalue weighted by Gasteiger charge is -2.04. The van der Waals surface area contributed by atoms with Crippen LogP contribution in [0.15, 0.2) is 36.4 Å². The summed E-state index contributed by atoms with van der Waals surface area (Å²) in [5.41, 5.74) is 0.318. The third kappa shape index (κ3) is 1.48. The minimum absolute atomic E-state index is 0.105. The minimum Gasteiger partial charge on any atom is -0.507 e. The summed E-state index contributed by atoms with van der Waals surface area (Å²) in [6, 6.07) is 9.78. The molecule has 2 aromatic rings. The summed E-state index contributed by atoms with van der Waals surface area (Å²) < 4.78 is 0. The van der Waals surface area contributed by atoms with Gasteiger partial charge < -0.3 is 5.11 Å². The molecule has 0 aliphatic heterocycles. The topological polar surface area (TPSA) is 54.4 Å². The predicted molar refractivity (Wildman–Crippen MR) is 56.0 cm³/mol. The number of aldehydes is 1. The summed E-state index contributed by atoms with van der Waals surface area (Å²) in [7, 11) is 0. The molecular weight excluding hydrogens is 192 g/mol. The van der Waals surface area contributed by atoms with E-state index in [1.165, 1.54) is 12.1 Å². The van der Waals surface area contributed by atoms with Crippen molar-refractivity contribution in [1.82, 2.24) is 0 Å². The molecule has 0 saturated heterocycles. The van der Waals surface area contributed by atoms with Crippen LogP contribution in [-0.2, 0) is 4.79 Å². The molecule has 0 saturated carbocycles. The summed E-state index contributed by atoms with van der Waals surface area (Å²) in [5, 5.41) is 10.7. The number of phenols is 1. The fourth-order valence-corrected chi connectivity index (χ4v) is 1.56. The van der Waals surface area contributed by atoms with Gasteiger partial charge in [0.15, 0.2) is 6.29 Å². The van der Waals surface area contributed by atoms with E-state index in [0.29, 0.717) is 16.3 Å². The molecule has 0 fully saturated rings. The highest BCUT2D eigenvalue weighted by Crippen LogP contribution is 2.27. The first kappa shape index (κ1) is 9.40. The second-order valence-corrected chi connectivity index (χ2v) is 3.16. The van der Waals surface area contributed by atoms with Crippen LogP contribution in [-0.4, -0.2) is 17.2 Å². The summed E-state index contributed by atoms with van der Waals surface area (Å²) in [5.74, 6) is -0.473. The van der Waals surface area contributed by atoms with Crippen molar-refractivity contribution in [2.75, 3.05) is 0 Å². The summed E-state index contributed by atoms with van der Waals surface area (Å²) >= 11 is 0. The number of Topliss-reactive ketones (excluding diaryl/α,β-unsaturated/α-hetero) is 1. The smallest absolute Gasteiger partial charge is 0.225 e. The molecule has 1 N–H and O–H groups in total. The van der Waals surface area contributed by atoms with Crippen molar-refractivity contribution in [2.45, 2.75) is 0 Å². The first-order valence-corrected chi connectivity index (χ1v) is 4.44. The molecule has 0 heterocycles. The van der Waals surface area contributed by atoms with Crippen LogP contribution in [0, 0.1) is 0 Å².